The zero-order valence-electron chi connectivity index (χ0n) is 54.1. The maximum absolute atomic E-state index is 11.6. The Bertz CT molecular complexity index is 1170. The lowest BCUT2D eigenvalue weighted by Gasteiger charge is -2.38. The van der Waals surface area contributed by atoms with Crippen molar-refractivity contribution in [2.75, 3.05) is 91.6 Å². The summed E-state index contributed by atoms with van der Waals surface area (Å²) in [5, 5.41) is 57.2. The standard InChI is InChI=1S/C69H143N5O5/c1-6-11-16-21-26-31-36-41-46-65(75)61-72(57-58-73(62-66(76)47-42-37-32-27-22-17-12-7-2)63-67(77)48-43-38-33-28-23-18-13-8-3)56-55-70-51-53-71(54-52-70)59-60-74(69(79)50-45-40-35-30-25-20-15-10-5)64-68(78)49-44-39-34-29-24-19-14-9-4/h65-69,75-79H,6-64H2,1-5H3. The first kappa shape index (κ1) is 76.6. The maximum atomic E-state index is 11.6. The van der Waals surface area contributed by atoms with E-state index in [0.717, 1.165) is 130 Å². The van der Waals surface area contributed by atoms with E-state index in [4.69, 9.17) is 0 Å². The third-order valence-corrected chi connectivity index (χ3v) is 17.8. The molecule has 5 atom stereocenters. The molecule has 1 saturated heterocycles. The highest BCUT2D eigenvalue weighted by molar-refractivity contribution is 4.79. The molecule has 5 N–H and O–H groups in total. The molecular weight excluding hydrogens is 979 g/mol. The minimum Gasteiger partial charge on any atom is -0.392 e. The van der Waals surface area contributed by atoms with Crippen LogP contribution in [0.4, 0.5) is 0 Å². The molecule has 0 aromatic rings. The molecule has 1 heterocycles. The van der Waals surface area contributed by atoms with Crippen LogP contribution in [0.2, 0.25) is 0 Å². The van der Waals surface area contributed by atoms with Crippen molar-refractivity contribution in [2.45, 2.75) is 354 Å². The largest absolute Gasteiger partial charge is 0.392 e. The Morgan fingerprint density at radius 2 is 0.506 bits per heavy atom. The zero-order chi connectivity index (χ0) is 57.5. The van der Waals surface area contributed by atoms with Crippen molar-refractivity contribution < 1.29 is 25.5 Å². The molecule has 0 radical (unpaired) electrons. The second-order valence-corrected chi connectivity index (χ2v) is 25.7. The highest BCUT2D eigenvalue weighted by Crippen LogP contribution is 2.19. The lowest BCUT2D eigenvalue weighted by molar-refractivity contribution is -0.0360. The Morgan fingerprint density at radius 1 is 0.266 bits per heavy atom. The average Bonchev–Trinajstić information content (AvgIpc) is 3.44. The number of hydrogen-bond acceptors (Lipinski definition) is 10. The quantitative estimate of drug-likeness (QED) is 0.0298. The van der Waals surface area contributed by atoms with Crippen LogP contribution in [0, 0.1) is 0 Å². The molecule has 5 unspecified atom stereocenters. The molecule has 0 aliphatic carbocycles. The molecule has 79 heavy (non-hydrogen) atoms. The van der Waals surface area contributed by atoms with E-state index < -0.39 is 12.3 Å². The van der Waals surface area contributed by atoms with Gasteiger partial charge in [0, 0.05) is 91.6 Å². The summed E-state index contributed by atoms with van der Waals surface area (Å²) in [6, 6.07) is 0. The number of nitrogens with zero attached hydrogens (tertiary/aromatic N) is 5. The van der Waals surface area contributed by atoms with Gasteiger partial charge >= 0.3 is 0 Å². The molecule has 0 aromatic carbocycles. The molecule has 0 saturated carbocycles. The Hall–Kier alpha value is -0.400. The molecule has 1 aliphatic heterocycles. The molecule has 0 spiro atoms. The van der Waals surface area contributed by atoms with Gasteiger partial charge in [0.05, 0.1) is 24.4 Å². The molecular formula is C69H143N5O5. The van der Waals surface area contributed by atoms with Crippen LogP contribution in [0.25, 0.3) is 0 Å². The molecule has 1 fully saturated rings. The third-order valence-electron chi connectivity index (χ3n) is 17.8. The maximum Gasteiger partial charge on any atom is 0.107 e. The second kappa shape index (κ2) is 58.0. The van der Waals surface area contributed by atoms with Gasteiger partial charge in [-0.25, -0.2) is 0 Å². The first-order valence-corrected chi connectivity index (χ1v) is 35.7. The van der Waals surface area contributed by atoms with E-state index in [1.165, 1.54) is 225 Å². The van der Waals surface area contributed by atoms with Crippen LogP contribution in [0.1, 0.15) is 324 Å². The van der Waals surface area contributed by atoms with Gasteiger partial charge in [0.1, 0.15) is 6.23 Å². The van der Waals surface area contributed by atoms with Gasteiger partial charge in [-0.15, -0.1) is 0 Å². The van der Waals surface area contributed by atoms with Gasteiger partial charge in [-0.2, -0.15) is 0 Å². The van der Waals surface area contributed by atoms with Crippen molar-refractivity contribution in [1.82, 2.24) is 24.5 Å². The Labute approximate surface area is 493 Å². The van der Waals surface area contributed by atoms with E-state index in [2.05, 4.69) is 59.1 Å². The fourth-order valence-corrected chi connectivity index (χ4v) is 12.2. The van der Waals surface area contributed by atoms with Gasteiger partial charge in [0.15, 0.2) is 0 Å². The first-order valence-electron chi connectivity index (χ1n) is 35.7. The number of unbranched alkanes of at least 4 members (excludes halogenated alkanes) is 35. The third kappa shape index (κ3) is 49.6. The number of aliphatic hydroxyl groups excluding tert-OH is 5. The Morgan fingerprint density at radius 3 is 0.823 bits per heavy atom. The summed E-state index contributed by atoms with van der Waals surface area (Å²) >= 11 is 0. The number of hydrogen-bond donors (Lipinski definition) is 5. The van der Waals surface area contributed by atoms with Crippen LogP contribution in [0.5, 0.6) is 0 Å². The minimum absolute atomic E-state index is 0.349. The lowest BCUT2D eigenvalue weighted by Crippen LogP contribution is -2.52. The van der Waals surface area contributed by atoms with Crippen molar-refractivity contribution in [3.05, 3.63) is 0 Å². The van der Waals surface area contributed by atoms with Gasteiger partial charge in [-0.1, -0.05) is 285 Å². The number of piperazine rings is 1. The highest BCUT2D eigenvalue weighted by Gasteiger charge is 2.24. The summed E-state index contributed by atoms with van der Waals surface area (Å²) in [6.45, 7) is 23.0. The van der Waals surface area contributed by atoms with E-state index in [0.29, 0.717) is 26.2 Å². The van der Waals surface area contributed by atoms with E-state index in [1.807, 2.05) is 0 Å². The van der Waals surface area contributed by atoms with Gasteiger partial charge in [0.2, 0.25) is 0 Å². The van der Waals surface area contributed by atoms with Crippen LogP contribution in [-0.2, 0) is 0 Å². The lowest BCUT2D eigenvalue weighted by atomic mass is 10.0. The molecule has 10 heteroatoms. The van der Waals surface area contributed by atoms with Gasteiger partial charge < -0.3 is 25.5 Å². The van der Waals surface area contributed by atoms with Crippen molar-refractivity contribution in [3.8, 4) is 0 Å². The topological polar surface area (TPSA) is 117 Å². The number of rotatable bonds is 63. The fourth-order valence-electron chi connectivity index (χ4n) is 12.2. The highest BCUT2D eigenvalue weighted by atomic mass is 16.3. The normalized spacial score (nSPS) is 15.8. The predicted molar refractivity (Wildman–Crippen MR) is 344 cm³/mol. The summed E-state index contributed by atoms with van der Waals surface area (Å²) in [5.74, 6) is 0. The smallest absolute Gasteiger partial charge is 0.107 e. The van der Waals surface area contributed by atoms with Crippen LogP contribution in [-0.4, -0.2) is 172 Å². The van der Waals surface area contributed by atoms with Crippen LogP contribution in [0.15, 0.2) is 0 Å². The summed E-state index contributed by atoms with van der Waals surface area (Å²) in [6.07, 6.45) is 52.7. The molecule has 1 aliphatic rings. The van der Waals surface area contributed by atoms with Crippen molar-refractivity contribution >= 4 is 0 Å². The fraction of sp³-hybridized carbons (Fsp3) is 1.00. The van der Waals surface area contributed by atoms with E-state index in [-0.39, 0.29) is 18.3 Å². The summed E-state index contributed by atoms with van der Waals surface area (Å²) in [5.41, 5.74) is 0. The van der Waals surface area contributed by atoms with E-state index in [1.54, 1.807) is 0 Å². The Kier molecular flexibility index (Phi) is 56.3. The average molecular weight is 1120 g/mol. The first-order chi connectivity index (χ1) is 38.6. The minimum atomic E-state index is -0.501. The van der Waals surface area contributed by atoms with Crippen LogP contribution >= 0.6 is 0 Å². The predicted octanol–water partition coefficient (Wildman–Crippen LogP) is 15.9. The van der Waals surface area contributed by atoms with Crippen molar-refractivity contribution in [1.29, 1.82) is 0 Å². The molecule has 0 aromatic heterocycles. The van der Waals surface area contributed by atoms with Gasteiger partial charge in [0.25, 0.3) is 0 Å². The Balaban J connectivity index is 2.94. The summed E-state index contributed by atoms with van der Waals surface area (Å²) in [7, 11) is 0. The summed E-state index contributed by atoms with van der Waals surface area (Å²) in [4.78, 5) is 12.2. The van der Waals surface area contributed by atoms with Crippen molar-refractivity contribution in [3.63, 3.8) is 0 Å². The van der Waals surface area contributed by atoms with Gasteiger partial charge in [-0.3, -0.25) is 24.5 Å². The van der Waals surface area contributed by atoms with Gasteiger partial charge in [-0.05, 0) is 38.5 Å². The molecule has 0 amide bonds. The van der Waals surface area contributed by atoms with Crippen molar-refractivity contribution in [2.24, 2.45) is 0 Å². The molecule has 0 bridgehead atoms. The van der Waals surface area contributed by atoms with Crippen LogP contribution in [0.3, 0.4) is 0 Å². The van der Waals surface area contributed by atoms with Crippen LogP contribution < -0.4 is 0 Å². The number of aliphatic hydroxyl groups is 5. The van der Waals surface area contributed by atoms with E-state index >= 15 is 0 Å². The summed E-state index contributed by atoms with van der Waals surface area (Å²) < 4.78 is 0. The second-order valence-electron chi connectivity index (χ2n) is 25.7. The SMILES string of the molecule is CCCCCCCCCCC(O)CN(CCN1CCN(CCN(CC(O)CCCCCCCCCC)C(O)CCCCCCCCCC)CC1)CCN(CC(O)CCCCCCCCCC)CC(O)CCCCCCCCCC. The molecule has 10 nitrogen and oxygen atoms in total. The monoisotopic (exact) mass is 1120 g/mol. The molecule has 1 rings (SSSR count). The molecule has 474 valence electrons. The zero-order valence-corrected chi connectivity index (χ0v) is 54.1. The van der Waals surface area contributed by atoms with E-state index in [9.17, 15) is 25.5 Å².